The fourth-order valence-electron chi connectivity index (χ4n) is 2.86. The molecule has 1 aliphatic rings. The predicted molar refractivity (Wildman–Crippen MR) is 98.9 cm³/mol. The molecule has 1 fully saturated rings. The first-order valence-corrected chi connectivity index (χ1v) is 9.45. The maximum absolute atomic E-state index is 11.9. The summed E-state index contributed by atoms with van der Waals surface area (Å²) in [7, 11) is 0. The molecule has 0 bridgehead atoms. The minimum Gasteiger partial charge on any atom is -0.378 e. The quantitative estimate of drug-likeness (QED) is 0.659. The number of rotatable bonds is 9. The van der Waals surface area contributed by atoms with E-state index in [0.29, 0.717) is 36.4 Å². The molecule has 2 N–H and O–H groups in total. The van der Waals surface area contributed by atoms with Crippen LogP contribution in [0.25, 0.3) is 0 Å². The van der Waals surface area contributed by atoms with Gasteiger partial charge in [0, 0.05) is 36.7 Å². The molecule has 0 unspecified atom stereocenters. The lowest BCUT2D eigenvalue weighted by atomic mass is 9.98. The summed E-state index contributed by atoms with van der Waals surface area (Å²) in [6.45, 7) is 1.61. The number of hydrogen-bond donors (Lipinski definition) is 2. The van der Waals surface area contributed by atoms with Crippen molar-refractivity contribution in [1.29, 1.82) is 0 Å². The van der Waals surface area contributed by atoms with Crippen molar-refractivity contribution in [2.24, 2.45) is 0 Å². The maximum atomic E-state index is 11.9. The van der Waals surface area contributed by atoms with Gasteiger partial charge >= 0.3 is 0 Å². The Morgan fingerprint density at radius 2 is 1.76 bits per heavy atom. The van der Waals surface area contributed by atoms with Crippen LogP contribution in [0.2, 0.25) is 5.02 Å². The predicted octanol–water partition coefficient (Wildman–Crippen LogP) is 3.32. The number of ether oxygens (including phenoxy) is 1. The average molecular weight is 367 g/mol. The summed E-state index contributed by atoms with van der Waals surface area (Å²) in [4.78, 5) is 23.6. The van der Waals surface area contributed by atoms with Crippen molar-refractivity contribution in [1.82, 2.24) is 10.6 Å². The second-order valence-electron chi connectivity index (χ2n) is 6.35. The fourth-order valence-corrected chi connectivity index (χ4v) is 2.99. The number of carbonyl (C=O) groups excluding carboxylic acids is 2. The lowest BCUT2D eigenvalue weighted by Gasteiger charge is -2.21. The van der Waals surface area contributed by atoms with E-state index in [0.717, 1.165) is 6.42 Å². The van der Waals surface area contributed by atoms with Gasteiger partial charge in [-0.3, -0.25) is 9.59 Å². The van der Waals surface area contributed by atoms with E-state index in [2.05, 4.69) is 10.6 Å². The van der Waals surface area contributed by atoms with E-state index in [9.17, 15) is 9.59 Å². The lowest BCUT2D eigenvalue weighted by Crippen LogP contribution is -2.31. The summed E-state index contributed by atoms with van der Waals surface area (Å²) < 4.78 is 5.82. The van der Waals surface area contributed by atoms with E-state index < -0.39 is 0 Å². The van der Waals surface area contributed by atoms with Crippen molar-refractivity contribution in [2.75, 3.05) is 19.7 Å². The van der Waals surface area contributed by atoms with Gasteiger partial charge in [0.1, 0.15) is 0 Å². The number of amides is 2. The molecule has 1 aromatic rings. The van der Waals surface area contributed by atoms with E-state index in [1.165, 1.54) is 32.1 Å². The van der Waals surface area contributed by atoms with Crippen LogP contribution in [0.1, 0.15) is 55.3 Å². The van der Waals surface area contributed by atoms with Crippen LogP contribution in [-0.4, -0.2) is 37.6 Å². The Morgan fingerprint density at radius 3 is 2.48 bits per heavy atom. The minimum atomic E-state index is -0.203. The Labute approximate surface area is 154 Å². The molecule has 0 spiro atoms. The molecule has 138 valence electrons. The van der Waals surface area contributed by atoms with Gasteiger partial charge in [-0.2, -0.15) is 0 Å². The smallest absolute Gasteiger partial charge is 0.251 e. The number of hydrogen-bond acceptors (Lipinski definition) is 3. The topological polar surface area (TPSA) is 67.4 Å². The monoisotopic (exact) mass is 366 g/mol. The van der Waals surface area contributed by atoms with E-state index in [1.54, 1.807) is 24.3 Å². The first kappa shape index (κ1) is 19.7. The van der Waals surface area contributed by atoms with Crippen molar-refractivity contribution in [3.63, 3.8) is 0 Å². The van der Waals surface area contributed by atoms with Crippen LogP contribution in [0.4, 0.5) is 0 Å². The molecule has 5 nitrogen and oxygen atoms in total. The van der Waals surface area contributed by atoms with Crippen LogP contribution in [0.15, 0.2) is 24.3 Å². The molecule has 2 rings (SSSR count). The number of nitrogens with one attached hydrogen (secondary N) is 2. The second-order valence-corrected chi connectivity index (χ2v) is 6.78. The molecule has 0 saturated heterocycles. The Morgan fingerprint density at radius 1 is 1.04 bits per heavy atom. The van der Waals surface area contributed by atoms with Gasteiger partial charge in [0.15, 0.2) is 0 Å². The highest BCUT2D eigenvalue weighted by Gasteiger charge is 2.13. The number of halogens is 1. The van der Waals surface area contributed by atoms with Crippen LogP contribution in [0.5, 0.6) is 0 Å². The van der Waals surface area contributed by atoms with Crippen LogP contribution < -0.4 is 10.6 Å². The fraction of sp³-hybridized carbons (Fsp3) is 0.579. The van der Waals surface area contributed by atoms with E-state index >= 15 is 0 Å². The minimum absolute atomic E-state index is 0.0610. The zero-order chi connectivity index (χ0) is 17.9. The molecule has 25 heavy (non-hydrogen) atoms. The number of benzene rings is 1. The average Bonchev–Trinajstić information content (AvgIpc) is 2.63. The molecular formula is C19H27ClN2O3. The van der Waals surface area contributed by atoms with Crippen molar-refractivity contribution >= 4 is 23.4 Å². The molecule has 0 aliphatic heterocycles. The van der Waals surface area contributed by atoms with Crippen molar-refractivity contribution < 1.29 is 14.3 Å². The maximum Gasteiger partial charge on any atom is 0.251 e. The zero-order valence-corrected chi connectivity index (χ0v) is 15.3. The van der Waals surface area contributed by atoms with Crippen LogP contribution in [-0.2, 0) is 9.53 Å². The van der Waals surface area contributed by atoms with Gasteiger partial charge < -0.3 is 15.4 Å². The number of carbonyl (C=O) groups is 2. The standard InChI is InChI=1S/C19H27ClN2O3/c20-16-9-7-15(8-10-16)19(24)22-13-11-18(23)21-12-4-14-25-17-5-2-1-3-6-17/h7-10,17H,1-6,11-14H2,(H,21,23)(H,22,24). The van der Waals surface area contributed by atoms with E-state index in [1.807, 2.05) is 0 Å². The van der Waals surface area contributed by atoms with Crippen molar-refractivity contribution in [3.05, 3.63) is 34.9 Å². The van der Waals surface area contributed by atoms with Gasteiger partial charge in [-0.1, -0.05) is 30.9 Å². The summed E-state index contributed by atoms with van der Waals surface area (Å²) >= 11 is 5.78. The van der Waals surface area contributed by atoms with E-state index in [4.69, 9.17) is 16.3 Å². The van der Waals surface area contributed by atoms with Gasteiger partial charge in [-0.05, 0) is 43.5 Å². The Kier molecular flexibility index (Phi) is 8.77. The van der Waals surface area contributed by atoms with E-state index in [-0.39, 0.29) is 18.2 Å². The third kappa shape index (κ3) is 7.88. The third-order valence-corrected chi connectivity index (χ3v) is 4.55. The SMILES string of the molecule is O=C(CCNC(=O)c1ccc(Cl)cc1)NCCCOC1CCCCC1. The van der Waals surface area contributed by atoms with Gasteiger partial charge in [-0.25, -0.2) is 0 Å². The van der Waals surface area contributed by atoms with Crippen molar-refractivity contribution in [3.8, 4) is 0 Å². The summed E-state index contributed by atoms with van der Waals surface area (Å²) in [6.07, 6.45) is 7.69. The Hall–Kier alpha value is -1.59. The first-order chi connectivity index (χ1) is 12.1. The highest BCUT2D eigenvalue weighted by Crippen LogP contribution is 2.20. The van der Waals surface area contributed by atoms with Crippen LogP contribution in [0, 0.1) is 0 Å². The van der Waals surface area contributed by atoms with Gasteiger partial charge in [0.05, 0.1) is 6.10 Å². The van der Waals surface area contributed by atoms with Gasteiger partial charge in [0.25, 0.3) is 5.91 Å². The summed E-state index contributed by atoms with van der Waals surface area (Å²) in [6, 6.07) is 6.64. The molecule has 1 saturated carbocycles. The Bertz CT molecular complexity index is 542. The summed E-state index contributed by atoms with van der Waals surface area (Å²) in [5, 5.41) is 6.17. The first-order valence-electron chi connectivity index (χ1n) is 9.07. The molecule has 0 atom stereocenters. The summed E-state index contributed by atoms with van der Waals surface area (Å²) in [5.41, 5.74) is 0.532. The second kappa shape index (κ2) is 11.1. The molecule has 1 aromatic carbocycles. The Balaban J connectivity index is 1.49. The van der Waals surface area contributed by atoms with Crippen LogP contribution >= 0.6 is 11.6 Å². The lowest BCUT2D eigenvalue weighted by molar-refractivity contribution is -0.121. The van der Waals surface area contributed by atoms with Gasteiger partial charge in [0.2, 0.25) is 5.91 Å². The molecule has 2 amide bonds. The van der Waals surface area contributed by atoms with Crippen molar-refractivity contribution in [2.45, 2.75) is 51.0 Å². The third-order valence-electron chi connectivity index (χ3n) is 4.29. The highest BCUT2D eigenvalue weighted by molar-refractivity contribution is 6.30. The van der Waals surface area contributed by atoms with Crippen LogP contribution in [0.3, 0.4) is 0 Å². The normalized spacial score (nSPS) is 14.9. The van der Waals surface area contributed by atoms with Gasteiger partial charge in [-0.15, -0.1) is 0 Å². The summed E-state index contributed by atoms with van der Waals surface area (Å²) in [5.74, 6) is -0.264. The molecule has 0 heterocycles. The molecule has 6 heteroatoms. The molecule has 1 aliphatic carbocycles. The zero-order valence-electron chi connectivity index (χ0n) is 14.6. The highest BCUT2D eigenvalue weighted by atomic mass is 35.5. The largest absolute Gasteiger partial charge is 0.378 e. The molecular weight excluding hydrogens is 340 g/mol. The molecule has 0 radical (unpaired) electrons. The molecule has 0 aromatic heterocycles.